The summed E-state index contributed by atoms with van der Waals surface area (Å²) in [6, 6.07) is 0. The van der Waals surface area contributed by atoms with Gasteiger partial charge in [0, 0.05) is 11.3 Å². The lowest BCUT2D eigenvalue weighted by atomic mass is 9.87. The van der Waals surface area contributed by atoms with Gasteiger partial charge in [-0.05, 0) is 18.8 Å². The maximum atomic E-state index is 10.0. The minimum atomic E-state index is -0.255. The van der Waals surface area contributed by atoms with Crippen molar-refractivity contribution < 1.29 is 4.92 Å². The summed E-state index contributed by atoms with van der Waals surface area (Å²) in [5.74, 6) is 0.522. The molecule has 63 valence electrons. The topological polar surface area (TPSA) is 43.1 Å². The Hall–Kier alpha value is -0.600. The zero-order valence-corrected chi connectivity index (χ0v) is 6.66. The van der Waals surface area contributed by atoms with E-state index in [1.807, 2.05) is 6.42 Å². The molecule has 0 amide bonds. The minimum absolute atomic E-state index is 0.0463. The minimum Gasteiger partial charge on any atom is -0.265 e. The summed E-state index contributed by atoms with van der Waals surface area (Å²) in [5.41, 5.74) is 0. The molecule has 0 heterocycles. The fourth-order valence-electron chi connectivity index (χ4n) is 1.61. The summed E-state index contributed by atoms with van der Waals surface area (Å²) < 4.78 is 0. The van der Waals surface area contributed by atoms with Crippen molar-refractivity contribution in [2.24, 2.45) is 5.92 Å². The smallest absolute Gasteiger partial charge is 0.207 e. The van der Waals surface area contributed by atoms with Crippen LogP contribution in [0.15, 0.2) is 0 Å². The van der Waals surface area contributed by atoms with Gasteiger partial charge >= 0.3 is 0 Å². The molecule has 1 saturated carbocycles. The Morgan fingerprint density at radius 1 is 1.36 bits per heavy atom. The number of nitro groups is 1. The molecule has 1 radical (unpaired) electrons. The lowest BCUT2D eigenvalue weighted by Crippen LogP contribution is -2.12. The van der Waals surface area contributed by atoms with Gasteiger partial charge in [-0.25, -0.2) is 0 Å². The third-order valence-corrected chi connectivity index (χ3v) is 2.24. The molecule has 0 aromatic carbocycles. The van der Waals surface area contributed by atoms with E-state index in [-0.39, 0.29) is 11.5 Å². The van der Waals surface area contributed by atoms with Crippen molar-refractivity contribution in [3.05, 3.63) is 16.5 Å². The van der Waals surface area contributed by atoms with Crippen molar-refractivity contribution >= 4 is 0 Å². The van der Waals surface area contributed by atoms with Gasteiger partial charge in [0.25, 0.3) is 0 Å². The van der Waals surface area contributed by atoms with Gasteiger partial charge < -0.3 is 0 Å². The molecule has 3 heteroatoms. The molecular formula is C8H14NO2. The van der Waals surface area contributed by atoms with Gasteiger partial charge in [-0.1, -0.05) is 19.3 Å². The standard InChI is InChI=1S/C8H14NO2/c10-9(11)7-6-8-4-2-1-3-5-8/h6,8H,1-5,7H2. The Labute approximate surface area is 66.9 Å². The highest BCUT2D eigenvalue weighted by molar-refractivity contribution is 4.78. The van der Waals surface area contributed by atoms with Gasteiger partial charge in [0.15, 0.2) is 0 Å². The van der Waals surface area contributed by atoms with Crippen LogP contribution in [0, 0.1) is 22.5 Å². The Morgan fingerprint density at radius 3 is 2.55 bits per heavy atom. The zero-order valence-electron chi connectivity index (χ0n) is 6.66. The first-order chi connectivity index (χ1) is 5.29. The van der Waals surface area contributed by atoms with Gasteiger partial charge in [0.2, 0.25) is 6.54 Å². The highest BCUT2D eigenvalue weighted by Crippen LogP contribution is 2.25. The lowest BCUT2D eigenvalue weighted by molar-refractivity contribution is -0.473. The predicted octanol–water partition coefficient (Wildman–Crippen LogP) is 2.05. The number of nitrogens with zero attached hydrogens (tertiary/aromatic N) is 1. The van der Waals surface area contributed by atoms with E-state index in [0.717, 1.165) is 12.8 Å². The molecule has 0 aromatic rings. The van der Waals surface area contributed by atoms with E-state index < -0.39 is 0 Å². The molecule has 0 unspecified atom stereocenters. The highest BCUT2D eigenvalue weighted by Gasteiger charge is 2.15. The molecule has 1 fully saturated rings. The average molecular weight is 156 g/mol. The largest absolute Gasteiger partial charge is 0.265 e. The molecule has 3 nitrogen and oxygen atoms in total. The molecular weight excluding hydrogens is 142 g/mol. The fourth-order valence-corrected chi connectivity index (χ4v) is 1.61. The van der Waals surface area contributed by atoms with Crippen LogP contribution in [0.2, 0.25) is 0 Å². The third-order valence-electron chi connectivity index (χ3n) is 2.24. The van der Waals surface area contributed by atoms with Crippen molar-refractivity contribution in [3.8, 4) is 0 Å². The van der Waals surface area contributed by atoms with Gasteiger partial charge in [0.1, 0.15) is 0 Å². The molecule has 11 heavy (non-hydrogen) atoms. The Kier molecular flexibility index (Phi) is 3.33. The van der Waals surface area contributed by atoms with E-state index in [2.05, 4.69) is 0 Å². The summed E-state index contributed by atoms with van der Waals surface area (Å²) in [6.45, 7) is 0.0463. The van der Waals surface area contributed by atoms with E-state index in [9.17, 15) is 10.1 Å². The second kappa shape index (κ2) is 4.31. The number of rotatable bonds is 3. The molecule has 0 atom stereocenters. The molecule has 0 bridgehead atoms. The summed E-state index contributed by atoms with van der Waals surface area (Å²) in [5, 5.41) is 10.0. The van der Waals surface area contributed by atoms with Crippen LogP contribution in [0.25, 0.3) is 0 Å². The number of hydrogen-bond donors (Lipinski definition) is 0. The molecule has 0 spiro atoms. The predicted molar refractivity (Wildman–Crippen MR) is 42.7 cm³/mol. The summed E-state index contributed by atoms with van der Waals surface area (Å²) >= 11 is 0. The lowest BCUT2D eigenvalue weighted by Gasteiger charge is -2.18. The molecule has 0 aliphatic heterocycles. The summed E-state index contributed by atoms with van der Waals surface area (Å²) in [7, 11) is 0. The Bertz CT molecular complexity index is 130. The van der Waals surface area contributed by atoms with Crippen LogP contribution in [0.1, 0.15) is 32.1 Å². The molecule has 0 aromatic heterocycles. The highest BCUT2D eigenvalue weighted by atomic mass is 16.6. The van der Waals surface area contributed by atoms with Crippen molar-refractivity contribution in [1.29, 1.82) is 0 Å². The quantitative estimate of drug-likeness (QED) is 0.463. The Balaban J connectivity index is 2.09. The average Bonchev–Trinajstić information content (AvgIpc) is 2.03. The van der Waals surface area contributed by atoms with E-state index in [0.29, 0.717) is 5.92 Å². The van der Waals surface area contributed by atoms with Crippen LogP contribution in [0.4, 0.5) is 0 Å². The van der Waals surface area contributed by atoms with Gasteiger partial charge in [-0.3, -0.25) is 10.1 Å². The van der Waals surface area contributed by atoms with Crippen molar-refractivity contribution in [3.63, 3.8) is 0 Å². The van der Waals surface area contributed by atoms with Crippen LogP contribution >= 0.6 is 0 Å². The zero-order chi connectivity index (χ0) is 8.10. The van der Waals surface area contributed by atoms with Gasteiger partial charge in [0.05, 0.1) is 0 Å². The van der Waals surface area contributed by atoms with E-state index >= 15 is 0 Å². The van der Waals surface area contributed by atoms with Gasteiger partial charge in [-0.2, -0.15) is 0 Å². The fraction of sp³-hybridized carbons (Fsp3) is 0.875. The van der Waals surface area contributed by atoms with Crippen LogP contribution in [-0.2, 0) is 0 Å². The third kappa shape index (κ3) is 3.35. The van der Waals surface area contributed by atoms with Crippen LogP contribution in [-0.4, -0.2) is 11.5 Å². The molecule has 1 aliphatic rings. The van der Waals surface area contributed by atoms with Crippen molar-refractivity contribution in [2.45, 2.75) is 32.1 Å². The normalized spacial score (nSPS) is 20.0. The maximum absolute atomic E-state index is 10.0. The number of hydrogen-bond acceptors (Lipinski definition) is 2. The first-order valence-electron chi connectivity index (χ1n) is 4.24. The van der Waals surface area contributed by atoms with E-state index in [1.165, 1.54) is 19.3 Å². The maximum Gasteiger partial charge on any atom is 0.207 e. The van der Waals surface area contributed by atoms with E-state index in [4.69, 9.17) is 0 Å². The Morgan fingerprint density at radius 2 is 2.00 bits per heavy atom. The second-order valence-electron chi connectivity index (χ2n) is 3.15. The van der Waals surface area contributed by atoms with Crippen LogP contribution in [0.5, 0.6) is 0 Å². The van der Waals surface area contributed by atoms with Crippen molar-refractivity contribution in [2.75, 3.05) is 6.54 Å². The first kappa shape index (κ1) is 8.50. The SMILES string of the molecule is O=[N+]([O-])C[CH]C1CCCCC1. The van der Waals surface area contributed by atoms with Crippen LogP contribution < -0.4 is 0 Å². The second-order valence-corrected chi connectivity index (χ2v) is 3.15. The molecule has 1 aliphatic carbocycles. The molecule has 1 rings (SSSR count). The monoisotopic (exact) mass is 156 g/mol. The summed E-state index contributed by atoms with van der Waals surface area (Å²) in [4.78, 5) is 9.76. The van der Waals surface area contributed by atoms with Gasteiger partial charge in [-0.15, -0.1) is 0 Å². The van der Waals surface area contributed by atoms with Crippen molar-refractivity contribution in [1.82, 2.24) is 0 Å². The molecule has 0 saturated heterocycles. The first-order valence-corrected chi connectivity index (χ1v) is 4.24. The molecule has 0 N–H and O–H groups in total. The van der Waals surface area contributed by atoms with Crippen LogP contribution in [0.3, 0.4) is 0 Å². The van der Waals surface area contributed by atoms with E-state index in [1.54, 1.807) is 0 Å². The summed E-state index contributed by atoms with van der Waals surface area (Å²) in [6.07, 6.45) is 7.99.